The Hall–Kier alpha value is -3.93. The van der Waals surface area contributed by atoms with Crippen LogP contribution >= 0.6 is 0 Å². The molecule has 0 spiro atoms. The number of aromatic nitrogens is 1. The lowest BCUT2D eigenvalue weighted by Crippen LogP contribution is -2.30. The van der Waals surface area contributed by atoms with Crippen LogP contribution in [0.25, 0.3) is 5.76 Å². The van der Waals surface area contributed by atoms with Crippen molar-refractivity contribution in [1.82, 2.24) is 4.98 Å². The molecule has 3 aromatic rings. The first-order valence-corrected chi connectivity index (χ1v) is 10.7. The zero-order chi connectivity index (χ0) is 23.9. The first kappa shape index (κ1) is 22.3. The van der Waals surface area contributed by atoms with Crippen molar-refractivity contribution < 1.29 is 19.4 Å². The Morgan fingerprint density at radius 3 is 2.36 bits per heavy atom. The number of aliphatic hydroxyl groups excluding tert-OH is 1. The van der Waals surface area contributed by atoms with Crippen molar-refractivity contribution in [2.45, 2.75) is 33.7 Å². The summed E-state index contributed by atoms with van der Waals surface area (Å²) in [5, 5.41) is 11.5. The highest BCUT2D eigenvalue weighted by molar-refractivity contribution is 6.51. The second-order valence-electron chi connectivity index (χ2n) is 8.33. The van der Waals surface area contributed by atoms with Gasteiger partial charge in [-0.1, -0.05) is 18.2 Å². The molecule has 1 fully saturated rings. The second kappa shape index (κ2) is 8.54. The van der Waals surface area contributed by atoms with Gasteiger partial charge in [0.2, 0.25) is 0 Å². The van der Waals surface area contributed by atoms with Crippen LogP contribution in [0.2, 0.25) is 0 Å². The number of nitrogens with zero attached hydrogens (tertiary/aromatic N) is 2. The quantitative estimate of drug-likeness (QED) is 0.351. The molecule has 1 unspecified atom stereocenters. The lowest BCUT2D eigenvalue weighted by atomic mass is 9.93. The molecule has 1 amide bonds. The van der Waals surface area contributed by atoms with Gasteiger partial charge in [0.05, 0.1) is 24.3 Å². The molecule has 1 aliphatic heterocycles. The minimum atomic E-state index is -0.806. The van der Waals surface area contributed by atoms with Gasteiger partial charge in [0.25, 0.3) is 11.7 Å². The molecule has 1 atom stereocenters. The molecule has 33 heavy (non-hydrogen) atoms. The van der Waals surface area contributed by atoms with Gasteiger partial charge < -0.3 is 9.84 Å². The van der Waals surface area contributed by atoms with Gasteiger partial charge >= 0.3 is 0 Å². The number of carbonyl (C=O) groups is 2. The van der Waals surface area contributed by atoms with Gasteiger partial charge in [-0.15, -0.1) is 0 Å². The van der Waals surface area contributed by atoms with E-state index in [-0.39, 0.29) is 11.3 Å². The third kappa shape index (κ3) is 3.67. The maximum Gasteiger partial charge on any atom is 0.300 e. The molecule has 0 radical (unpaired) electrons. The zero-order valence-electron chi connectivity index (χ0n) is 19.3. The Labute approximate surface area is 193 Å². The van der Waals surface area contributed by atoms with E-state index < -0.39 is 17.7 Å². The molecule has 168 valence electrons. The SMILES string of the molecule is COc1c(C)cc(C)cc1/C(O)=C1\C(=O)C(=O)N(c2cccc(C)c2C)C1c1ccncc1. The van der Waals surface area contributed by atoms with Crippen LogP contribution in [-0.2, 0) is 9.59 Å². The molecule has 2 aromatic carbocycles. The van der Waals surface area contributed by atoms with E-state index in [4.69, 9.17) is 4.74 Å². The fraction of sp³-hybridized carbons (Fsp3) is 0.222. The Balaban J connectivity index is 2.03. The molecule has 6 nitrogen and oxygen atoms in total. The Morgan fingerprint density at radius 2 is 1.70 bits per heavy atom. The van der Waals surface area contributed by atoms with Crippen molar-refractivity contribution >= 4 is 23.1 Å². The number of rotatable bonds is 4. The lowest BCUT2D eigenvalue weighted by Gasteiger charge is -2.27. The molecule has 0 aliphatic carbocycles. The van der Waals surface area contributed by atoms with Crippen molar-refractivity contribution in [3.05, 3.63) is 93.8 Å². The minimum absolute atomic E-state index is 0.0235. The molecule has 0 saturated carbocycles. The number of hydrogen-bond acceptors (Lipinski definition) is 5. The third-order valence-electron chi connectivity index (χ3n) is 6.18. The molecule has 1 aliphatic rings. The highest BCUT2D eigenvalue weighted by Crippen LogP contribution is 2.44. The number of Topliss-reactive ketones (excluding diaryl/α,β-unsaturated/α-hetero) is 1. The van der Waals surface area contributed by atoms with E-state index in [1.54, 1.807) is 30.6 Å². The lowest BCUT2D eigenvalue weighted by molar-refractivity contribution is -0.132. The van der Waals surface area contributed by atoms with Crippen molar-refractivity contribution in [3.8, 4) is 5.75 Å². The van der Waals surface area contributed by atoms with E-state index in [0.29, 0.717) is 22.6 Å². The average molecular weight is 443 g/mol. The highest BCUT2D eigenvalue weighted by Gasteiger charge is 2.47. The van der Waals surface area contributed by atoms with Gasteiger partial charge in [-0.05, 0) is 79.8 Å². The van der Waals surface area contributed by atoms with Crippen molar-refractivity contribution in [1.29, 1.82) is 0 Å². The van der Waals surface area contributed by atoms with Crippen LogP contribution in [0.1, 0.15) is 39.4 Å². The molecule has 1 aromatic heterocycles. The fourth-order valence-corrected chi connectivity index (χ4v) is 4.49. The van der Waals surface area contributed by atoms with E-state index in [1.807, 2.05) is 52.0 Å². The van der Waals surface area contributed by atoms with Crippen molar-refractivity contribution in [2.75, 3.05) is 12.0 Å². The van der Waals surface area contributed by atoms with Gasteiger partial charge in [0, 0.05) is 18.1 Å². The van der Waals surface area contributed by atoms with Crippen LogP contribution in [0.3, 0.4) is 0 Å². The van der Waals surface area contributed by atoms with E-state index in [0.717, 1.165) is 22.3 Å². The molecule has 2 heterocycles. The topological polar surface area (TPSA) is 79.7 Å². The van der Waals surface area contributed by atoms with Crippen LogP contribution in [0.5, 0.6) is 5.75 Å². The second-order valence-corrected chi connectivity index (χ2v) is 8.33. The highest BCUT2D eigenvalue weighted by atomic mass is 16.5. The first-order valence-electron chi connectivity index (χ1n) is 10.7. The van der Waals surface area contributed by atoms with Crippen LogP contribution < -0.4 is 9.64 Å². The Morgan fingerprint density at radius 1 is 1.00 bits per heavy atom. The molecule has 4 rings (SSSR count). The summed E-state index contributed by atoms with van der Waals surface area (Å²) in [6.07, 6.45) is 3.21. The number of hydrogen-bond donors (Lipinski definition) is 1. The summed E-state index contributed by atoms with van der Waals surface area (Å²) in [6, 6.07) is 12.0. The number of anilines is 1. The predicted octanol–water partition coefficient (Wildman–Crippen LogP) is 4.95. The molecular weight excluding hydrogens is 416 g/mol. The zero-order valence-corrected chi connectivity index (χ0v) is 19.3. The van der Waals surface area contributed by atoms with E-state index in [1.165, 1.54) is 12.0 Å². The predicted molar refractivity (Wildman–Crippen MR) is 127 cm³/mol. The molecule has 1 N–H and O–H groups in total. The number of ketones is 1. The van der Waals surface area contributed by atoms with Crippen LogP contribution in [0, 0.1) is 27.7 Å². The largest absolute Gasteiger partial charge is 0.507 e. The minimum Gasteiger partial charge on any atom is -0.507 e. The third-order valence-corrected chi connectivity index (χ3v) is 6.18. The van der Waals surface area contributed by atoms with E-state index in [2.05, 4.69) is 4.98 Å². The number of ether oxygens (including phenoxy) is 1. The first-order chi connectivity index (χ1) is 15.8. The number of aliphatic hydroxyl groups is 1. The van der Waals surface area contributed by atoms with E-state index >= 15 is 0 Å². The number of pyridine rings is 1. The van der Waals surface area contributed by atoms with Crippen LogP contribution in [-0.4, -0.2) is 28.9 Å². The smallest absolute Gasteiger partial charge is 0.300 e. The van der Waals surface area contributed by atoms with Crippen LogP contribution in [0.15, 0.2) is 60.4 Å². The summed E-state index contributed by atoms with van der Waals surface area (Å²) in [6.45, 7) is 7.65. The summed E-state index contributed by atoms with van der Waals surface area (Å²) in [7, 11) is 1.52. The fourth-order valence-electron chi connectivity index (χ4n) is 4.49. The standard InChI is InChI=1S/C27H26N2O4/c1-15-13-17(3)26(33-5)20(14-15)24(30)22-23(19-9-11-28-12-10-19)29(27(32)25(22)31)21-8-6-7-16(2)18(21)4/h6-14,23,30H,1-5H3/b24-22+. The van der Waals surface area contributed by atoms with E-state index in [9.17, 15) is 14.7 Å². The number of methoxy groups -OCH3 is 1. The number of benzene rings is 2. The Kier molecular flexibility index (Phi) is 5.77. The molecule has 0 bridgehead atoms. The normalized spacial score (nSPS) is 17.5. The summed E-state index contributed by atoms with van der Waals surface area (Å²) in [4.78, 5) is 32.3. The molecule has 6 heteroatoms. The number of carbonyl (C=O) groups excluding carboxylic acids is 2. The number of aryl methyl sites for hydroxylation is 3. The maximum absolute atomic E-state index is 13.4. The van der Waals surface area contributed by atoms with Crippen molar-refractivity contribution in [2.24, 2.45) is 0 Å². The maximum atomic E-state index is 13.4. The summed E-state index contributed by atoms with van der Waals surface area (Å²) in [5.41, 5.74) is 5.33. The summed E-state index contributed by atoms with van der Waals surface area (Å²) in [5.74, 6) is -1.22. The van der Waals surface area contributed by atoms with Gasteiger partial charge in [0.15, 0.2) is 0 Å². The van der Waals surface area contributed by atoms with Gasteiger partial charge in [-0.25, -0.2) is 0 Å². The van der Waals surface area contributed by atoms with Gasteiger partial charge in [-0.2, -0.15) is 0 Å². The van der Waals surface area contributed by atoms with Gasteiger partial charge in [-0.3, -0.25) is 19.5 Å². The molecule has 1 saturated heterocycles. The Bertz CT molecular complexity index is 1290. The number of amides is 1. The van der Waals surface area contributed by atoms with Gasteiger partial charge in [0.1, 0.15) is 11.5 Å². The summed E-state index contributed by atoms with van der Waals surface area (Å²) < 4.78 is 5.55. The van der Waals surface area contributed by atoms with Crippen LogP contribution in [0.4, 0.5) is 5.69 Å². The monoisotopic (exact) mass is 442 g/mol. The molecular formula is C27H26N2O4. The summed E-state index contributed by atoms with van der Waals surface area (Å²) >= 11 is 0. The van der Waals surface area contributed by atoms with Crippen molar-refractivity contribution in [3.63, 3.8) is 0 Å². The average Bonchev–Trinajstić information content (AvgIpc) is 3.06.